The molecule has 3 nitrogen and oxygen atoms in total. The van der Waals surface area contributed by atoms with Crippen molar-refractivity contribution in [2.24, 2.45) is 5.92 Å². The van der Waals surface area contributed by atoms with Crippen molar-refractivity contribution in [2.75, 3.05) is 0 Å². The van der Waals surface area contributed by atoms with E-state index in [0.717, 1.165) is 5.02 Å². The van der Waals surface area contributed by atoms with Gasteiger partial charge in [-0.3, -0.25) is 0 Å². The number of benzene rings is 1. The highest BCUT2D eigenvalue weighted by molar-refractivity contribution is 6.30. The van der Waals surface area contributed by atoms with Gasteiger partial charge in [-0.05, 0) is 37.1 Å². The Balaban J connectivity index is 1.73. The molecule has 0 bridgehead atoms. The smallest absolute Gasteiger partial charge is 0.0954 e. The zero-order chi connectivity index (χ0) is 17.4. The quantitative estimate of drug-likeness (QED) is 0.729. The van der Waals surface area contributed by atoms with Crippen LogP contribution in [-0.2, 0) is 4.74 Å². The molecular weight excluding hydrogens is 332 g/mol. The Hall–Kier alpha value is -2.10. The SMILES string of the molecule is CC1(C)C=CC2C=C(C(c3ccc(Cl)cc3)n3ccnc3)C=CC2O1. The molecule has 0 amide bonds. The Morgan fingerprint density at radius 2 is 2.00 bits per heavy atom. The van der Waals surface area contributed by atoms with Crippen molar-refractivity contribution in [3.05, 3.63) is 89.5 Å². The fourth-order valence-electron chi connectivity index (χ4n) is 3.51. The van der Waals surface area contributed by atoms with Gasteiger partial charge in [0.1, 0.15) is 0 Å². The first kappa shape index (κ1) is 16.4. The van der Waals surface area contributed by atoms with Crippen LogP contribution in [0.25, 0.3) is 0 Å². The number of aromatic nitrogens is 2. The second-order valence-electron chi connectivity index (χ2n) is 7.11. The molecule has 25 heavy (non-hydrogen) atoms. The largest absolute Gasteiger partial charge is 0.363 e. The number of rotatable bonds is 3. The summed E-state index contributed by atoms with van der Waals surface area (Å²) in [6, 6.07) is 8.08. The summed E-state index contributed by atoms with van der Waals surface area (Å²) < 4.78 is 8.29. The molecule has 3 atom stereocenters. The minimum Gasteiger partial charge on any atom is -0.363 e. The van der Waals surface area contributed by atoms with Gasteiger partial charge in [0, 0.05) is 23.3 Å². The van der Waals surface area contributed by atoms with Crippen molar-refractivity contribution in [1.82, 2.24) is 9.55 Å². The normalized spacial score (nSPS) is 25.3. The summed E-state index contributed by atoms with van der Waals surface area (Å²) in [5.41, 5.74) is 2.20. The molecule has 128 valence electrons. The molecule has 1 aromatic carbocycles. The number of allylic oxidation sites excluding steroid dienone is 2. The van der Waals surface area contributed by atoms with Crippen LogP contribution in [0.3, 0.4) is 0 Å². The van der Waals surface area contributed by atoms with Crippen LogP contribution in [0.2, 0.25) is 5.02 Å². The van der Waals surface area contributed by atoms with Crippen LogP contribution in [0.1, 0.15) is 25.5 Å². The van der Waals surface area contributed by atoms with Gasteiger partial charge in [-0.15, -0.1) is 0 Å². The van der Waals surface area contributed by atoms with Crippen molar-refractivity contribution in [1.29, 1.82) is 0 Å². The number of hydrogen-bond acceptors (Lipinski definition) is 2. The molecule has 0 saturated carbocycles. The summed E-state index contributed by atoms with van der Waals surface area (Å²) >= 11 is 6.07. The Bertz CT molecular complexity index is 831. The molecular formula is C21H21ClN2O. The molecule has 0 radical (unpaired) electrons. The van der Waals surface area contributed by atoms with Gasteiger partial charge in [0.25, 0.3) is 0 Å². The first-order chi connectivity index (χ1) is 12.0. The monoisotopic (exact) mass is 352 g/mol. The lowest BCUT2D eigenvalue weighted by Crippen LogP contribution is -2.36. The molecule has 1 aliphatic heterocycles. The van der Waals surface area contributed by atoms with Gasteiger partial charge in [0.15, 0.2) is 0 Å². The van der Waals surface area contributed by atoms with Gasteiger partial charge in [0.2, 0.25) is 0 Å². The molecule has 1 aliphatic carbocycles. The van der Waals surface area contributed by atoms with Crippen LogP contribution in [0, 0.1) is 5.92 Å². The van der Waals surface area contributed by atoms with Crippen LogP contribution in [0.4, 0.5) is 0 Å². The minimum absolute atomic E-state index is 0.0697. The predicted molar refractivity (Wildman–Crippen MR) is 101 cm³/mol. The van der Waals surface area contributed by atoms with E-state index in [1.807, 2.05) is 30.9 Å². The fraction of sp³-hybridized carbons (Fsp3) is 0.286. The van der Waals surface area contributed by atoms with Gasteiger partial charge >= 0.3 is 0 Å². The maximum Gasteiger partial charge on any atom is 0.0954 e. The minimum atomic E-state index is -0.212. The van der Waals surface area contributed by atoms with Gasteiger partial charge < -0.3 is 9.30 Å². The number of fused-ring (bicyclic) bond motifs is 1. The summed E-state index contributed by atoms with van der Waals surface area (Å²) in [6.45, 7) is 4.18. The van der Waals surface area contributed by atoms with Crippen LogP contribution >= 0.6 is 11.6 Å². The van der Waals surface area contributed by atoms with E-state index >= 15 is 0 Å². The highest BCUT2D eigenvalue weighted by atomic mass is 35.5. The molecule has 0 fully saturated rings. The molecule has 2 aromatic rings. The maximum atomic E-state index is 6.16. The second-order valence-corrected chi connectivity index (χ2v) is 7.55. The second kappa shape index (κ2) is 6.32. The highest BCUT2D eigenvalue weighted by Crippen LogP contribution is 2.36. The van der Waals surface area contributed by atoms with Gasteiger partial charge in [-0.2, -0.15) is 0 Å². The van der Waals surface area contributed by atoms with Crippen molar-refractivity contribution in [3.8, 4) is 0 Å². The molecule has 4 heteroatoms. The van der Waals surface area contributed by atoms with Crippen molar-refractivity contribution < 1.29 is 4.74 Å². The zero-order valence-corrected chi connectivity index (χ0v) is 15.1. The standard InChI is InChI=1S/C21H21ClN2O/c1-21(2)10-9-16-13-17(5-8-19(16)25-21)20(24-12-11-23-14-24)15-3-6-18(22)7-4-15/h3-14,16,19-20H,1-2H3. The summed E-state index contributed by atoms with van der Waals surface area (Å²) in [5, 5.41) is 0.743. The van der Waals surface area contributed by atoms with E-state index < -0.39 is 0 Å². The topological polar surface area (TPSA) is 27.1 Å². The summed E-state index contributed by atoms with van der Waals surface area (Å²) in [6.07, 6.45) is 16.8. The zero-order valence-electron chi connectivity index (χ0n) is 14.3. The van der Waals surface area contributed by atoms with E-state index in [1.54, 1.807) is 0 Å². The average molecular weight is 353 g/mol. The van der Waals surface area contributed by atoms with E-state index in [0.29, 0.717) is 0 Å². The maximum absolute atomic E-state index is 6.16. The summed E-state index contributed by atoms with van der Waals surface area (Å²) in [5.74, 6) is 0.256. The fourth-order valence-corrected chi connectivity index (χ4v) is 3.63. The van der Waals surface area contributed by atoms with E-state index in [-0.39, 0.29) is 23.7 Å². The van der Waals surface area contributed by atoms with E-state index in [9.17, 15) is 0 Å². The highest BCUT2D eigenvalue weighted by Gasteiger charge is 2.32. The summed E-state index contributed by atoms with van der Waals surface area (Å²) in [4.78, 5) is 4.23. The third-order valence-electron chi connectivity index (χ3n) is 4.73. The number of imidazole rings is 1. The van der Waals surface area contributed by atoms with Crippen LogP contribution < -0.4 is 0 Å². The predicted octanol–water partition coefficient (Wildman–Crippen LogP) is 4.97. The molecule has 0 saturated heterocycles. The third-order valence-corrected chi connectivity index (χ3v) is 4.98. The molecule has 2 aliphatic rings. The third kappa shape index (κ3) is 3.35. The Labute approximate surface area is 153 Å². The lowest BCUT2D eigenvalue weighted by atomic mass is 9.85. The number of nitrogens with zero attached hydrogens (tertiary/aromatic N) is 2. The van der Waals surface area contributed by atoms with Crippen LogP contribution in [-0.4, -0.2) is 21.3 Å². The number of ether oxygens (including phenoxy) is 1. The van der Waals surface area contributed by atoms with E-state index in [1.165, 1.54) is 11.1 Å². The van der Waals surface area contributed by atoms with Crippen LogP contribution in [0.15, 0.2) is 78.9 Å². The molecule has 0 N–H and O–H groups in total. The lowest BCUT2D eigenvalue weighted by molar-refractivity contribution is -0.0395. The Morgan fingerprint density at radius 3 is 2.72 bits per heavy atom. The first-order valence-electron chi connectivity index (χ1n) is 8.52. The van der Waals surface area contributed by atoms with Gasteiger partial charge in [-0.25, -0.2) is 4.98 Å². The average Bonchev–Trinajstić information content (AvgIpc) is 3.10. The van der Waals surface area contributed by atoms with Crippen molar-refractivity contribution >= 4 is 11.6 Å². The molecule has 1 aromatic heterocycles. The van der Waals surface area contributed by atoms with Gasteiger partial charge in [0.05, 0.1) is 24.1 Å². The molecule has 0 spiro atoms. The summed E-state index contributed by atoms with van der Waals surface area (Å²) in [7, 11) is 0. The first-order valence-corrected chi connectivity index (χ1v) is 8.90. The van der Waals surface area contributed by atoms with Gasteiger partial charge in [-0.1, -0.05) is 54.1 Å². The Kier molecular flexibility index (Phi) is 4.14. The Morgan fingerprint density at radius 1 is 1.20 bits per heavy atom. The molecule has 4 rings (SSSR count). The van der Waals surface area contributed by atoms with Crippen molar-refractivity contribution in [2.45, 2.75) is 31.6 Å². The van der Waals surface area contributed by atoms with E-state index in [4.69, 9.17) is 16.3 Å². The van der Waals surface area contributed by atoms with Crippen LogP contribution in [0.5, 0.6) is 0 Å². The molecule has 2 heterocycles. The lowest BCUT2D eigenvalue weighted by Gasteiger charge is -2.37. The molecule has 3 unspecified atom stereocenters. The number of halogens is 1. The van der Waals surface area contributed by atoms with E-state index in [2.05, 4.69) is 65.9 Å². The van der Waals surface area contributed by atoms with Crippen molar-refractivity contribution in [3.63, 3.8) is 0 Å². The number of hydrogen-bond donors (Lipinski definition) is 0.